The van der Waals surface area contributed by atoms with Crippen LogP contribution >= 0.6 is 11.6 Å². The van der Waals surface area contributed by atoms with Gasteiger partial charge in [0.05, 0.1) is 26.9 Å². The van der Waals surface area contributed by atoms with Crippen LogP contribution in [-0.2, 0) is 22.6 Å². The number of furan rings is 1. The Morgan fingerprint density at radius 3 is 2.44 bits per heavy atom. The van der Waals surface area contributed by atoms with Crippen LogP contribution in [0.15, 0.2) is 56.9 Å². The lowest BCUT2D eigenvalue weighted by Crippen LogP contribution is -2.22. The molecule has 0 radical (unpaired) electrons. The summed E-state index contributed by atoms with van der Waals surface area (Å²) in [4.78, 5) is 15.2. The fraction of sp³-hybridized carbons (Fsp3) is 0.250. The number of carbonyl (C=O) groups excluding carboxylic acids is 1. The Labute approximate surface area is 210 Å². The van der Waals surface area contributed by atoms with Crippen LogP contribution in [-0.4, -0.2) is 20.0 Å². The number of rotatable bonds is 5. The maximum atomic E-state index is 13.1. The molecule has 1 aliphatic carbocycles. The quantitative estimate of drug-likeness (QED) is 0.398. The normalized spacial score (nSPS) is 15.0. The van der Waals surface area contributed by atoms with Crippen molar-refractivity contribution < 1.29 is 30.8 Å². The molecule has 0 unspecified atom stereocenters. The van der Waals surface area contributed by atoms with E-state index in [1.807, 2.05) is 6.92 Å². The van der Waals surface area contributed by atoms with Crippen LogP contribution in [0.2, 0.25) is 5.02 Å². The maximum absolute atomic E-state index is 13.1. The van der Waals surface area contributed by atoms with E-state index < -0.39 is 27.7 Å². The minimum atomic E-state index is -4.61. The lowest BCUT2D eigenvalue weighted by Gasteiger charge is -2.14. The second-order valence-electron chi connectivity index (χ2n) is 8.32. The fourth-order valence-corrected chi connectivity index (χ4v) is 4.85. The predicted octanol–water partition coefficient (Wildman–Crippen LogP) is 5.84. The maximum Gasteiger partial charge on any atom is 0.416 e. The summed E-state index contributed by atoms with van der Waals surface area (Å²) in [6.07, 6.45) is -3.09. The molecule has 2 aromatic carbocycles. The van der Waals surface area contributed by atoms with Crippen molar-refractivity contribution >= 4 is 38.9 Å². The minimum Gasteiger partial charge on any atom is -0.455 e. The second kappa shape index (κ2) is 9.62. The molecule has 0 saturated heterocycles. The number of aryl methyl sites for hydroxylation is 2. The summed E-state index contributed by atoms with van der Waals surface area (Å²) in [5.41, 5.74) is 0.998. The first-order valence-corrected chi connectivity index (χ1v) is 12.7. The van der Waals surface area contributed by atoms with Crippen molar-refractivity contribution in [3.63, 3.8) is 0 Å². The van der Waals surface area contributed by atoms with Gasteiger partial charge >= 0.3 is 6.18 Å². The van der Waals surface area contributed by atoms with Crippen LogP contribution < -0.4 is 10.1 Å². The van der Waals surface area contributed by atoms with E-state index in [9.17, 15) is 26.4 Å². The second-order valence-corrected chi connectivity index (χ2v) is 10.4. The molecule has 0 atom stereocenters. The molecule has 1 amide bonds. The Morgan fingerprint density at radius 1 is 1.08 bits per heavy atom. The number of alkyl halides is 3. The molecular weight excluding hydrogens is 519 g/mol. The number of carbonyl (C=O) groups is 1. The van der Waals surface area contributed by atoms with Crippen molar-refractivity contribution in [1.82, 2.24) is 4.83 Å². The molecular formula is C24H21ClF3N3O4S. The SMILES string of the molecule is Cc1ccc(S(=O)(=O)N/N=C2\CCCc3oc(C(=O)Nc4cc(C(F)(F)F)ccc4Cl)c(C)c32)cc1. The number of anilines is 1. The molecule has 0 fully saturated rings. The van der Waals surface area contributed by atoms with E-state index in [1.54, 1.807) is 19.1 Å². The highest BCUT2D eigenvalue weighted by molar-refractivity contribution is 7.89. The van der Waals surface area contributed by atoms with Gasteiger partial charge in [0.1, 0.15) is 5.76 Å². The van der Waals surface area contributed by atoms with Crippen molar-refractivity contribution in [2.45, 2.75) is 44.2 Å². The molecule has 2 N–H and O–H groups in total. The Kier molecular flexibility index (Phi) is 6.89. The third-order valence-electron chi connectivity index (χ3n) is 5.71. The molecule has 4 rings (SSSR count). The Hall–Kier alpha value is -3.31. The molecule has 7 nitrogen and oxygen atoms in total. The summed E-state index contributed by atoms with van der Waals surface area (Å²) in [7, 11) is -3.92. The van der Waals surface area contributed by atoms with Gasteiger partial charge in [-0.2, -0.15) is 31.5 Å². The van der Waals surface area contributed by atoms with Gasteiger partial charge < -0.3 is 9.73 Å². The highest BCUT2D eigenvalue weighted by atomic mass is 35.5. The zero-order valence-corrected chi connectivity index (χ0v) is 20.7. The summed E-state index contributed by atoms with van der Waals surface area (Å²) in [5.74, 6) is -0.473. The van der Waals surface area contributed by atoms with Crippen molar-refractivity contribution in [3.8, 4) is 0 Å². The zero-order valence-electron chi connectivity index (χ0n) is 19.2. The lowest BCUT2D eigenvalue weighted by molar-refractivity contribution is -0.137. The van der Waals surface area contributed by atoms with Crippen LogP contribution in [0.5, 0.6) is 0 Å². The number of benzene rings is 2. The molecule has 1 aromatic heterocycles. The van der Waals surface area contributed by atoms with Gasteiger partial charge in [0.15, 0.2) is 5.76 Å². The van der Waals surface area contributed by atoms with E-state index in [-0.39, 0.29) is 21.4 Å². The molecule has 1 heterocycles. The van der Waals surface area contributed by atoms with Crippen molar-refractivity contribution in [3.05, 3.63) is 81.3 Å². The topological polar surface area (TPSA) is 101 Å². The average Bonchev–Trinajstić information content (AvgIpc) is 3.16. The summed E-state index contributed by atoms with van der Waals surface area (Å²) in [5, 5.41) is 6.40. The number of hydrogen-bond acceptors (Lipinski definition) is 5. The molecule has 12 heteroatoms. The van der Waals surface area contributed by atoms with Crippen LogP contribution in [0.4, 0.5) is 18.9 Å². The standard InChI is InChI=1S/C24H21ClF3N3O4S/c1-13-6-9-16(10-7-13)36(33,34)31-30-18-4-3-5-20-21(18)14(2)22(35-20)23(32)29-19-12-15(24(26,27)28)8-11-17(19)25/h6-12,31H,3-5H2,1-2H3,(H,29,32)/b30-18+. The zero-order chi connectivity index (χ0) is 26.3. The smallest absolute Gasteiger partial charge is 0.416 e. The van der Waals surface area contributed by atoms with Gasteiger partial charge in [0.2, 0.25) is 0 Å². The van der Waals surface area contributed by atoms with Gasteiger partial charge in [-0.05, 0) is 57.0 Å². The van der Waals surface area contributed by atoms with Crippen LogP contribution in [0.25, 0.3) is 0 Å². The van der Waals surface area contributed by atoms with Gasteiger partial charge in [-0.25, -0.2) is 0 Å². The first kappa shape index (κ1) is 25.8. The summed E-state index contributed by atoms with van der Waals surface area (Å²) >= 11 is 5.99. The van der Waals surface area contributed by atoms with Gasteiger partial charge in [-0.1, -0.05) is 29.3 Å². The number of amides is 1. The predicted molar refractivity (Wildman–Crippen MR) is 129 cm³/mol. The Bertz CT molecular complexity index is 1460. The molecule has 0 aliphatic heterocycles. The van der Waals surface area contributed by atoms with Gasteiger partial charge in [-0.3, -0.25) is 4.79 Å². The van der Waals surface area contributed by atoms with Crippen LogP contribution in [0, 0.1) is 13.8 Å². The first-order valence-electron chi connectivity index (χ1n) is 10.8. The molecule has 190 valence electrons. The summed E-state index contributed by atoms with van der Waals surface area (Å²) in [6.45, 7) is 3.43. The average molecular weight is 540 g/mol. The monoisotopic (exact) mass is 539 g/mol. The van der Waals surface area contributed by atoms with Crippen molar-refractivity contribution in [2.24, 2.45) is 5.10 Å². The molecule has 0 saturated carbocycles. The highest BCUT2D eigenvalue weighted by Crippen LogP contribution is 2.35. The molecule has 0 spiro atoms. The minimum absolute atomic E-state index is 0.0513. The number of sulfonamides is 1. The Morgan fingerprint density at radius 2 is 1.78 bits per heavy atom. The number of hydrogen-bond donors (Lipinski definition) is 2. The van der Waals surface area contributed by atoms with Gasteiger partial charge in [-0.15, -0.1) is 0 Å². The Balaban J connectivity index is 1.61. The lowest BCUT2D eigenvalue weighted by atomic mass is 9.93. The fourth-order valence-electron chi connectivity index (χ4n) is 3.86. The first-order chi connectivity index (χ1) is 16.9. The summed E-state index contributed by atoms with van der Waals surface area (Å²) in [6, 6.07) is 8.87. The van der Waals surface area contributed by atoms with Crippen molar-refractivity contribution in [2.75, 3.05) is 5.32 Å². The number of fused-ring (bicyclic) bond motifs is 1. The number of nitrogens with one attached hydrogen (secondary N) is 2. The van der Waals surface area contributed by atoms with Crippen LogP contribution in [0.3, 0.4) is 0 Å². The van der Waals surface area contributed by atoms with E-state index in [0.717, 1.165) is 23.8 Å². The third kappa shape index (κ3) is 5.26. The number of nitrogens with zero attached hydrogens (tertiary/aromatic N) is 1. The largest absolute Gasteiger partial charge is 0.455 e. The van der Waals surface area contributed by atoms with E-state index in [2.05, 4.69) is 15.2 Å². The van der Waals surface area contributed by atoms with Gasteiger partial charge in [0.25, 0.3) is 15.9 Å². The van der Waals surface area contributed by atoms with E-state index >= 15 is 0 Å². The van der Waals surface area contributed by atoms with Crippen LogP contribution in [0.1, 0.15) is 51.4 Å². The van der Waals surface area contributed by atoms with E-state index in [4.69, 9.17) is 16.0 Å². The van der Waals surface area contributed by atoms with E-state index in [1.165, 1.54) is 12.1 Å². The van der Waals surface area contributed by atoms with Crippen molar-refractivity contribution in [1.29, 1.82) is 0 Å². The molecule has 0 bridgehead atoms. The highest BCUT2D eigenvalue weighted by Gasteiger charge is 2.32. The molecule has 3 aromatic rings. The molecule has 1 aliphatic rings. The number of halogens is 4. The summed E-state index contributed by atoms with van der Waals surface area (Å²) < 4.78 is 70.2. The number of hydrazone groups is 1. The third-order valence-corrected chi connectivity index (χ3v) is 7.26. The van der Waals surface area contributed by atoms with Gasteiger partial charge in [0, 0.05) is 17.5 Å². The molecule has 36 heavy (non-hydrogen) atoms. The van der Waals surface area contributed by atoms with E-state index in [0.29, 0.717) is 41.9 Å².